The quantitative estimate of drug-likeness (QED) is 0.884. The Morgan fingerprint density at radius 3 is 2.26 bits per heavy atom. The van der Waals surface area contributed by atoms with Crippen LogP contribution in [0.15, 0.2) is 18.5 Å². The van der Waals surface area contributed by atoms with E-state index in [9.17, 15) is 0 Å². The smallest absolute Gasteiger partial charge is 0.162 e. The summed E-state index contributed by atoms with van der Waals surface area (Å²) in [4.78, 5) is 8.78. The average Bonchev–Trinajstić information content (AvgIpc) is 2.61. The lowest BCUT2D eigenvalue weighted by Crippen LogP contribution is -2.35. The van der Waals surface area contributed by atoms with Crippen LogP contribution in [-0.2, 0) is 0 Å². The highest BCUT2D eigenvalue weighted by Crippen LogP contribution is 2.34. The Bertz CT molecular complexity index is 669. The number of rotatable bonds is 5. The van der Waals surface area contributed by atoms with Crippen LogP contribution in [0.2, 0.25) is 0 Å². The summed E-state index contributed by atoms with van der Waals surface area (Å²) in [5, 5.41) is 7.90. The maximum absolute atomic E-state index is 5.40. The van der Waals surface area contributed by atoms with E-state index >= 15 is 0 Å². The predicted octanol–water partition coefficient (Wildman–Crippen LogP) is 2.59. The minimum Gasteiger partial charge on any atom is -0.493 e. The third kappa shape index (κ3) is 3.32. The number of benzene rings is 1. The summed E-state index contributed by atoms with van der Waals surface area (Å²) in [6.45, 7) is 0. The second-order valence-electron chi connectivity index (χ2n) is 5.93. The summed E-state index contributed by atoms with van der Waals surface area (Å²) >= 11 is 0. The van der Waals surface area contributed by atoms with E-state index in [1.807, 2.05) is 19.2 Å². The lowest BCUT2D eigenvalue weighted by atomic mass is 9.91. The topological polar surface area (TPSA) is 68.3 Å². The van der Waals surface area contributed by atoms with Crippen LogP contribution in [0.3, 0.4) is 0 Å². The molecule has 124 valence electrons. The molecule has 0 amide bonds. The van der Waals surface area contributed by atoms with Gasteiger partial charge in [-0.2, -0.15) is 0 Å². The molecule has 1 aliphatic rings. The summed E-state index contributed by atoms with van der Waals surface area (Å²) in [5.41, 5.74) is 0.851. The van der Waals surface area contributed by atoms with Gasteiger partial charge in [-0.3, -0.25) is 0 Å². The van der Waals surface area contributed by atoms with Gasteiger partial charge in [0.1, 0.15) is 12.1 Å². The number of methoxy groups -OCH3 is 2. The third-order valence-corrected chi connectivity index (χ3v) is 4.62. The molecule has 0 unspecified atom stereocenters. The van der Waals surface area contributed by atoms with Crippen LogP contribution in [0, 0.1) is 0 Å². The van der Waals surface area contributed by atoms with Crippen LogP contribution in [0.25, 0.3) is 10.9 Å². The number of hydrogen-bond acceptors (Lipinski definition) is 6. The standard InChI is InChI=1S/C17H24N4O2/c1-18-11-4-6-12(7-5-11)21-17-13-8-15(22-2)16(23-3)9-14(13)19-10-20-17/h8-12,18H,4-7H2,1-3H3,(H,19,20,21). The van der Waals surface area contributed by atoms with Crippen molar-refractivity contribution in [2.75, 3.05) is 26.6 Å². The fourth-order valence-corrected chi connectivity index (χ4v) is 3.22. The second kappa shape index (κ2) is 7.00. The highest BCUT2D eigenvalue weighted by atomic mass is 16.5. The fourth-order valence-electron chi connectivity index (χ4n) is 3.22. The molecule has 6 heteroatoms. The molecule has 1 heterocycles. The summed E-state index contributed by atoms with van der Waals surface area (Å²) in [7, 11) is 5.31. The molecule has 1 saturated carbocycles. The molecule has 0 spiro atoms. The molecule has 23 heavy (non-hydrogen) atoms. The molecule has 0 aliphatic heterocycles. The van der Waals surface area contributed by atoms with Crippen molar-refractivity contribution < 1.29 is 9.47 Å². The van der Waals surface area contributed by atoms with Gasteiger partial charge in [-0.15, -0.1) is 0 Å². The van der Waals surface area contributed by atoms with Gasteiger partial charge in [-0.05, 0) is 38.8 Å². The van der Waals surface area contributed by atoms with Crippen LogP contribution < -0.4 is 20.1 Å². The Kier molecular flexibility index (Phi) is 4.81. The molecule has 1 aliphatic carbocycles. The van der Waals surface area contributed by atoms with Crippen molar-refractivity contribution in [2.24, 2.45) is 0 Å². The van der Waals surface area contributed by atoms with Crippen molar-refractivity contribution >= 4 is 16.7 Å². The first-order chi connectivity index (χ1) is 11.2. The molecule has 0 atom stereocenters. The van der Waals surface area contributed by atoms with E-state index in [1.54, 1.807) is 20.5 Å². The molecule has 0 bridgehead atoms. The molecule has 2 N–H and O–H groups in total. The van der Waals surface area contributed by atoms with Crippen LogP contribution in [-0.4, -0.2) is 43.3 Å². The SMILES string of the molecule is CNC1CCC(Nc2ncnc3cc(OC)c(OC)cc23)CC1. The van der Waals surface area contributed by atoms with Gasteiger partial charge in [0.25, 0.3) is 0 Å². The first-order valence-electron chi connectivity index (χ1n) is 8.05. The van der Waals surface area contributed by atoms with Crippen molar-refractivity contribution in [1.82, 2.24) is 15.3 Å². The number of fused-ring (bicyclic) bond motifs is 1. The Balaban J connectivity index is 1.86. The number of hydrogen-bond donors (Lipinski definition) is 2. The van der Waals surface area contributed by atoms with Gasteiger partial charge in [0, 0.05) is 23.5 Å². The molecule has 6 nitrogen and oxygen atoms in total. The molecule has 0 saturated heterocycles. The molecular weight excluding hydrogens is 292 g/mol. The first-order valence-corrected chi connectivity index (χ1v) is 8.05. The van der Waals surface area contributed by atoms with Crippen molar-refractivity contribution in [1.29, 1.82) is 0 Å². The maximum atomic E-state index is 5.40. The highest BCUT2D eigenvalue weighted by molar-refractivity contribution is 5.91. The van der Waals surface area contributed by atoms with Crippen LogP contribution in [0.4, 0.5) is 5.82 Å². The second-order valence-corrected chi connectivity index (χ2v) is 5.93. The minimum absolute atomic E-state index is 0.450. The molecular formula is C17H24N4O2. The van der Waals surface area contributed by atoms with Gasteiger partial charge in [-0.25, -0.2) is 9.97 Å². The monoisotopic (exact) mass is 316 g/mol. The zero-order chi connectivity index (χ0) is 16.2. The minimum atomic E-state index is 0.450. The van der Waals surface area contributed by atoms with Crippen LogP contribution >= 0.6 is 0 Å². The van der Waals surface area contributed by atoms with E-state index in [4.69, 9.17) is 9.47 Å². The molecule has 3 rings (SSSR count). The van der Waals surface area contributed by atoms with Gasteiger partial charge in [0.15, 0.2) is 11.5 Å². The van der Waals surface area contributed by atoms with Gasteiger partial charge in [-0.1, -0.05) is 0 Å². The summed E-state index contributed by atoms with van der Waals surface area (Å²) in [6, 6.07) is 4.92. The van der Waals surface area contributed by atoms with E-state index in [0.717, 1.165) is 29.6 Å². The van der Waals surface area contributed by atoms with Gasteiger partial charge < -0.3 is 20.1 Å². The zero-order valence-corrected chi connectivity index (χ0v) is 13.9. The summed E-state index contributed by atoms with van der Waals surface area (Å²) in [5.74, 6) is 2.24. The maximum Gasteiger partial charge on any atom is 0.162 e. The summed E-state index contributed by atoms with van der Waals surface area (Å²) < 4.78 is 10.7. The van der Waals surface area contributed by atoms with Crippen molar-refractivity contribution in [2.45, 2.75) is 37.8 Å². The highest BCUT2D eigenvalue weighted by Gasteiger charge is 2.21. The Hall–Kier alpha value is -2.08. The van der Waals surface area contributed by atoms with Crippen molar-refractivity contribution in [3.05, 3.63) is 18.5 Å². The number of nitrogens with zero attached hydrogens (tertiary/aromatic N) is 2. The predicted molar refractivity (Wildman–Crippen MR) is 91.4 cm³/mol. The third-order valence-electron chi connectivity index (χ3n) is 4.62. The van der Waals surface area contributed by atoms with E-state index in [0.29, 0.717) is 23.6 Å². The molecule has 2 aromatic rings. The number of nitrogens with one attached hydrogen (secondary N) is 2. The van der Waals surface area contributed by atoms with E-state index in [2.05, 4.69) is 20.6 Å². The largest absolute Gasteiger partial charge is 0.493 e. The van der Waals surface area contributed by atoms with E-state index in [1.165, 1.54) is 12.8 Å². The van der Waals surface area contributed by atoms with Crippen LogP contribution in [0.5, 0.6) is 11.5 Å². The van der Waals surface area contributed by atoms with Gasteiger partial charge >= 0.3 is 0 Å². The van der Waals surface area contributed by atoms with Gasteiger partial charge in [0.2, 0.25) is 0 Å². The summed E-state index contributed by atoms with van der Waals surface area (Å²) in [6.07, 6.45) is 6.26. The van der Waals surface area contributed by atoms with E-state index in [-0.39, 0.29) is 0 Å². The number of aromatic nitrogens is 2. The molecule has 1 fully saturated rings. The van der Waals surface area contributed by atoms with Crippen molar-refractivity contribution in [3.63, 3.8) is 0 Å². The molecule has 1 aromatic heterocycles. The van der Waals surface area contributed by atoms with E-state index < -0.39 is 0 Å². The average molecular weight is 316 g/mol. The Morgan fingerprint density at radius 2 is 1.61 bits per heavy atom. The normalized spacial score (nSPS) is 21.2. The number of ether oxygens (including phenoxy) is 2. The number of anilines is 1. The van der Waals surface area contributed by atoms with Crippen molar-refractivity contribution in [3.8, 4) is 11.5 Å². The zero-order valence-electron chi connectivity index (χ0n) is 13.9. The Morgan fingerprint density at radius 1 is 0.957 bits per heavy atom. The fraction of sp³-hybridized carbons (Fsp3) is 0.529. The lowest BCUT2D eigenvalue weighted by molar-refractivity contribution is 0.355. The molecule has 1 aromatic carbocycles. The first kappa shape index (κ1) is 15.8. The van der Waals surface area contributed by atoms with Crippen LogP contribution in [0.1, 0.15) is 25.7 Å². The Labute approximate surface area is 136 Å². The molecule has 0 radical (unpaired) electrons. The van der Waals surface area contributed by atoms with Gasteiger partial charge in [0.05, 0.1) is 19.7 Å². The lowest BCUT2D eigenvalue weighted by Gasteiger charge is -2.29.